The summed E-state index contributed by atoms with van der Waals surface area (Å²) < 4.78 is 30.6. The van der Waals surface area contributed by atoms with Gasteiger partial charge in [0.2, 0.25) is 6.43 Å². The van der Waals surface area contributed by atoms with E-state index in [1.807, 2.05) is 0 Å². The molecule has 4 rings (SSSR count). The van der Waals surface area contributed by atoms with Crippen molar-refractivity contribution in [3.05, 3.63) is 83.6 Å². The molecule has 0 saturated heterocycles. The summed E-state index contributed by atoms with van der Waals surface area (Å²) in [5, 5.41) is 13.0. The molecule has 0 fully saturated rings. The Bertz CT molecular complexity index is 1030. The zero-order chi connectivity index (χ0) is 24.2. The number of furan rings is 1. The molecule has 0 radical (unpaired) electrons. The first-order valence-corrected chi connectivity index (χ1v) is 11.9. The molecule has 7 heteroatoms. The quantitative estimate of drug-likeness (QED) is 0.280. The summed E-state index contributed by atoms with van der Waals surface area (Å²) in [6.07, 6.45) is 15.2. The molecule has 2 aromatic heterocycles. The summed E-state index contributed by atoms with van der Waals surface area (Å²) in [7, 11) is 0. The van der Waals surface area contributed by atoms with Gasteiger partial charge < -0.3 is 9.52 Å². The van der Waals surface area contributed by atoms with Crippen LogP contribution in [-0.4, -0.2) is 27.3 Å². The van der Waals surface area contributed by atoms with Crippen molar-refractivity contribution in [1.82, 2.24) is 9.78 Å². The van der Waals surface area contributed by atoms with Gasteiger partial charge in [-0.25, -0.2) is 13.6 Å². The van der Waals surface area contributed by atoms with Crippen LogP contribution in [0.1, 0.15) is 84.6 Å². The van der Waals surface area contributed by atoms with E-state index in [9.17, 15) is 13.6 Å². The van der Waals surface area contributed by atoms with E-state index in [0.29, 0.717) is 6.42 Å². The first-order chi connectivity index (χ1) is 16.5. The lowest BCUT2D eigenvalue weighted by atomic mass is 10.1. The fraction of sp³-hybridized carbons (Fsp3) is 0.407. The number of rotatable bonds is 12. The summed E-state index contributed by atoms with van der Waals surface area (Å²) >= 11 is 0. The Balaban J connectivity index is 0.000000343. The number of hydrogen-bond donors (Lipinski definition) is 1. The summed E-state index contributed by atoms with van der Waals surface area (Å²) in [6, 6.07) is 12.2. The van der Waals surface area contributed by atoms with Crippen molar-refractivity contribution in [3.63, 3.8) is 0 Å². The number of benzene rings is 1. The van der Waals surface area contributed by atoms with Crippen LogP contribution in [0, 0.1) is 0 Å². The average Bonchev–Trinajstić information content (AvgIpc) is 3.58. The molecule has 0 aliphatic heterocycles. The molecular formula is C27H32F2N2O3. The number of nitrogens with zero attached hydrogens (tertiary/aromatic N) is 2. The molecule has 1 atom stereocenters. The second-order valence-electron chi connectivity index (χ2n) is 8.44. The Labute approximate surface area is 199 Å². The normalized spacial score (nSPS) is 14.1. The van der Waals surface area contributed by atoms with Crippen LogP contribution in [0.25, 0.3) is 6.08 Å². The number of alkyl halides is 2. The predicted molar refractivity (Wildman–Crippen MR) is 128 cm³/mol. The minimum atomic E-state index is -2.14. The van der Waals surface area contributed by atoms with Gasteiger partial charge in [0.05, 0.1) is 23.6 Å². The number of carboxylic acid groups (broad SMARTS) is 1. The lowest BCUT2D eigenvalue weighted by molar-refractivity contribution is 0.0696. The van der Waals surface area contributed by atoms with Crippen LogP contribution < -0.4 is 0 Å². The van der Waals surface area contributed by atoms with Crippen molar-refractivity contribution in [3.8, 4) is 0 Å². The molecule has 0 saturated carbocycles. The van der Waals surface area contributed by atoms with Crippen molar-refractivity contribution >= 4 is 12.0 Å². The van der Waals surface area contributed by atoms with Crippen LogP contribution in [0.2, 0.25) is 0 Å². The molecule has 34 heavy (non-hydrogen) atoms. The third kappa shape index (κ3) is 7.97. The second kappa shape index (κ2) is 13.5. The first-order valence-electron chi connectivity index (χ1n) is 11.9. The van der Waals surface area contributed by atoms with Gasteiger partial charge in [-0.15, -0.1) is 0 Å². The van der Waals surface area contributed by atoms with E-state index in [4.69, 9.17) is 10.2 Å². The maximum atomic E-state index is 12.0. The SMILES string of the molecule is FC(F)CCCCCCCCCc1ccn(C2C=Cc3ccccc32)n1.O=C(O)c1ccoc1. The van der Waals surface area contributed by atoms with Gasteiger partial charge in [-0.05, 0) is 42.5 Å². The standard InChI is InChI=1S/C22H28F2N2.C5H4O3/c23-22(24)13-7-5-3-1-2-4-6-11-19-16-17-26(25-19)21-15-14-18-10-8-9-12-20(18)21;6-5(7)4-1-2-8-3-4/h8-10,12,14-17,21-22H,1-7,11,13H2;1-3H,(H,6,7). The molecule has 0 amide bonds. The number of unbranched alkanes of at least 4 members (excludes halogenated alkanes) is 6. The van der Waals surface area contributed by atoms with Gasteiger partial charge in [-0.1, -0.05) is 68.5 Å². The topological polar surface area (TPSA) is 68.3 Å². The molecule has 0 bridgehead atoms. The fourth-order valence-corrected chi connectivity index (χ4v) is 4.00. The highest BCUT2D eigenvalue weighted by atomic mass is 19.3. The largest absolute Gasteiger partial charge is 0.478 e. The molecule has 1 unspecified atom stereocenters. The number of hydrogen-bond acceptors (Lipinski definition) is 3. The van der Waals surface area contributed by atoms with Crippen LogP contribution in [0.4, 0.5) is 8.78 Å². The molecular weight excluding hydrogens is 438 g/mol. The fourth-order valence-electron chi connectivity index (χ4n) is 4.00. The minimum absolute atomic E-state index is 0.0588. The van der Waals surface area contributed by atoms with E-state index in [1.54, 1.807) is 0 Å². The van der Waals surface area contributed by atoms with Gasteiger partial charge in [-0.3, -0.25) is 4.68 Å². The number of aromatic carboxylic acids is 1. The Kier molecular flexibility index (Phi) is 10.1. The minimum Gasteiger partial charge on any atom is -0.478 e. The monoisotopic (exact) mass is 470 g/mol. The lowest BCUT2D eigenvalue weighted by Crippen LogP contribution is -2.07. The van der Waals surface area contributed by atoms with Gasteiger partial charge in [0, 0.05) is 12.6 Å². The number of carboxylic acids is 1. The highest BCUT2D eigenvalue weighted by Gasteiger charge is 2.18. The third-order valence-electron chi connectivity index (χ3n) is 5.84. The Morgan fingerprint density at radius 3 is 2.44 bits per heavy atom. The molecule has 5 nitrogen and oxygen atoms in total. The molecule has 1 aliphatic carbocycles. The second-order valence-corrected chi connectivity index (χ2v) is 8.44. The van der Waals surface area contributed by atoms with Crippen LogP contribution in [-0.2, 0) is 6.42 Å². The molecule has 0 spiro atoms. The van der Waals surface area contributed by atoms with Crippen LogP contribution in [0.3, 0.4) is 0 Å². The van der Waals surface area contributed by atoms with E-state index in [-0.39, 0.29) is 18.0 Å². The lowest BCUT2D eigenvalue weighted by Gasteiger charge is -2.11. The van der Waals surface area contributed by atoms with Crippen LogP contribution >= 0.6 is 0 Å². The van der Waals surface area contributed by atoms with Crippen molar-refractivity contribution in [1.29, 1.82) is 0 Å². The van der Waals surface area contributed by atoms with Crippen LogP contribution in [0.15, 0.2) is 65.6 Å². The zero-order valence-electron chi connectivity index (χ0n) is 19.3. The van der Waals surface area contributed by atoms with E-state index in [2.05, 4.69) is 57.8 Å². The van der Waals surface area contributed by atoms with Crippen LogP contribution in [0.5, 0.6) is 0 Å². The Morgan fingerprint density at radius 2 is 1.76 bits per heavy atom. The number of halogens is 2. The maximum Gasteiger partial charge on any atom is 0.338 e. The van der Waals surface area contributed by atoms with E-state index in [1.165, 1.54) is 42.6 Å². The van der Waals surface area contributed by atoms with Crippen molar-refractivity contribution < 1.29 is 23.1 Å². The Hall–Kier alpha value is -3.22. The molecule has 1 aliphatic rings. The van der Waals surface area contributed by atoms with Gasteiger partial charge >= 0.3 is 5.97 Å². The summed E-state index contributed by atoms with van der Waals surface area (Å²) in [4.78, 5) is 10.0. The number of fused-ring (bicyclic) bond motifs is 1. The van der Waals surface area contributed by atoms with Gasteiger partial charge in [0.15, 0.2) is 0 Å². The third-order valence-corrected chi connectivity index (χ3v) is 5.84. The molecule has 2 heterocycles. The Morgan fingerprint density at radius 1 is 1.03 bits per heavy atom. The number of aryl methyl sites for hydroxylation is 1. The van der Waals surface area contributed by atoms with Crippen molar-refractivity contribution in [2.75, 3.05) is 0 Å². The van der Waals surface area contributed by atoms with E-state index < -0.39 is 12.4 Å². The summed E-state index contributed by atoms with van der Waals surface area (Å²) in [5.41, 5.74) is 3.93. The smallest absolute Gasteiger partial charge is 0.338 e. The average molecular weight is 471 g/mol. The summed E-state index contributed by atoms with van der Waals surface area (Å²) in [6.45, 7) is 0. The molecule has 3 aromatic rings. The van der Waals surface area contributed by atoms with Gasteiger partial charge in [0.1, 0.15) is 6.26 Å². The highest BCUT2D eigenvalue weighted by molar-refractivity contribution is 5.86. The van der Waals surface area contributed by atoms with E-state index >= 15 is 0 Å². The number of allylic oxidation sites excluding steroid dienone is 1. The zero-order valence-corrected chi connectivity index (χ0v) is 19.3. The van der Waals surface area contributed by atoms with Crippen molar-refractivity contribution in [2.24, 2.45) is 0 Å². The van der Waals surface area contributed by atoms with E-state index in [0.717, 1.165) is 37.8 Å². The number of carbonyl (C=O) groups is 1. The first kappa shape index (κ1) is 25.4. The van der Waals surface area contributed by atoms with Gasteiger partial charge in [-0.2, -0.15) is 5.10 Å². The highest BCUT2D eigenvalue weighted by Crippen LogP contribution is 2.30. The molecule has 1 aromatic carbocycles. The van der Waals surface area contributed by atoms with Crippen molar-refractivity contribution in [2.45, 2.75) is 70.3 Å². The van der Waals surface area contributed by atoms with Gasteiger partial charge in [0.25, 0.3) is 0 Å². The molecule has 182 valence electrons. The summed E-state index contributed by atoms with van der Waals surface area (Å²) in [5.74, 6) is -0.959. The predicted octanol–water partition coefficient (Wildman–Crippen LogP) is 7.41. The number of aromatic nitrogens is 2. The molecule has 1 N–H and O–H groups in total. The maximum absolute atomic E-state index is 12.0.